The van der Waals surface area contributed by atoms with Crippen molar-refractivity contribution in [3.8, 4) is 17.4 Å². The molecule has 430 valence electrons. The van der Waals surface area contributed by atoms with Gasteiger partial charge in [0, 0.05) is 118 Å². The largest absolute Gasteiger partial charge is 0.490 e. The molecule has 5 atom stereocenters. The third kappa shape index (κ3) is 9.52. The predicted octanol–water partition coefficient (Wildman–Crippen LogP) is 9.10. The number of ether oxygens (including phenoxy) is 5. The molecule has 1 spiro atoms. The lowest BCUT2D eigenvalue weighted by atomic mass is 9.59. The molecule has 5 fully saturated rings. The first kappa shape index (κ1) is 52.9. The van der Waals surface area contributed by atoms with Crippen molar-refractivity contribution in [2.24, 2.45) is 11.3 Å². The second kappa shape index (κ2) is 20.9. The summed E-state index contributed by atoms with van der Waals surface area (Å²) in [6.07, 6.45) is 8.01. The van der Waals surface area contributed by atoms with Crippen LogP contribution in [0.15, 0.2) is 90.0 Å². The maximum Gasteiger partial charge on any atom is 0.297 e. The monoisotopic (exact) mass is 1140 g/mol. The molecule has 1 saturated carbocycles. The smallest absolute Gasteiger partial charge is 0.297 e. The number of nitrogens with one attached hydrogen (secondary N) is 3. The zero-order valence-electron chi connectivity index (χ0n) is 45.5. The van der Waals surface area contributed by atoms with Gasteiger partial charge in [0.25, 0.3) is 21.6 Å². The number of benzene rings is 4. The third-order valence-corrected chi connectivity index (χ3v) is 20.2. The zero-order chi connectivity index (χ0) is 56.0. The zero-order valence-corrected chi connectivity index (χ0v) is 46.3. The van der Waals surface area contributed by atoms with E-state index in [-0.39, 0.29) is 71.5 Å². The molecule has 3 N–H and O–H groups in total. The minimum absolute atomic E-state index is 0.0108. The molecule has 2 aromatic heterocycles. The van der Waals surface area contributed by atoms with Crippen LogP contribution in [0.1, 0.15) is 90.5 Å². The summed E-state index contributed by atoms with van der Waals surface area (Å²) in [5.41, 5.74) is 5.43. The fraction of sp³-hybridized carbons (Fsp3) is 0.467. The van der Waals surface area contributed by atoms with Gasteiger partial charge in [0.15, 0.2) is 23.0 Å². The minimum Gasteiger partial charge on any atom is -0.490 e. The molecule has 14 rings (SSSR count). The van der Waals surface area contributed by atoms with Crippen LogP contribution in [0.25, 0.3) is 11.0 Å². The summed E-state index contributed by atoms with van der Waals surface area (Å²) < 4.78 is 90.7. The summed E-state index contributed by atoms with van der Waals surface area (Å²) in [6, 6.07) is 22.2. The lowest BCUT2D eigenvalue weighted by Crippen LogP contribution is -2.60. The molecule has 19 nitrogen and oxygen atoms in total. The molecule has 0 radical (unpaired) electrons. The van der Waals surface area contributed by atoms with Gasteiger partial charge < -0.3 is 43.8 Å². The number of pyridine rings is 1. The fourth-order valence-corrected chi connectivity index (χ4v) is 15.6. The number of nitro groups is 1. The van der Waals surface area contributed by atoms with Crippen molar-refractivity contribution in [2.45, 2.75) is 99.5 Å². The minimum atomic E-state index is -4.73. The molecular formula is C60H65F2N9O10S. The Balaban J connectivity index is 0.736. The van der Waals surface area contributed by atoms with Gasteiger partial charge in [-0.2, -0.15) is 4.98 Å². The first-order valence-electron chi connectivity index (χ1n) is 28.7. The summed E-state index contributed by atoms with van der Waals surface area (Å²) in [5.74, 6) is -1.52. The number of halogens is 2. The van der Waals surface area contributed by atoms with Crippen LogP contribution < -0.4 is 34.0 Å². The van der Waals surface area contributed by atoms with Crippen LogP contribution in [0.5, 0.6) is 17.4 Å². The molecule has 0 bridgehead atoms. The van der Waals surface area contributed by atoms with Gasteiger partial charge in [-0.1, -0.05) is 24.3 Å². The molecule has 22 heteroatoms. The quantitative estimate of drug-likeness (QED) is 0.0864. The molecule has 4 aromatic carbocycles. The van der Waals surface area contributed by atoms with E-state index in [2.05, 4.69) is 65.8 Å². The highest BCUT2D eigenvalue weighted by Gasteiger charge is 2.51. The molecule has 0 unspecified atom stereocenters. The third-order valence-electron chi connectivity index (χ3n) is 18.9. The van der Waals surface area contributed by atoms with E-state index >= 15 is 4.39 Å². The lowest BCUT2D eigenvalue weighted by molar-refractivity contribution is -0.384. The molecular weight excluding hydrogens is 1080 g/mol. The first-order chi connectivity index (χ1) is 39.8. The topological polar surface area (TPSA) is 206 Å². The number of carbonyl (C=O) groups excluding carboxylic acids is 1. The number of aromatic nitrogens is 2. The maximum absolute atomic E-state index is 15.0. The molecule has 1 aliphatic carbocycles. The number of piperazine rings is 1. The second-order valence-electron chi connectivity index (χ2n) is 23.5. The van der Waals surface area contributed by atoms with Gasteiger partial charge in [0.05, 0.1) is 46.4 Å². The van der Waals surface area contributed by atoms with E-state index < -0.39 is 49.2 Å². The standard InChI is InChI=1S/C60H65F2N9O10S/c1-35-4-2-3-5-42(35)52-32-68(47-12-23-79-56-44(47)25-38(61)26-45(56)62)18-19-69(52)40-30-60(31-40)13-16-67(17-14-60)39-6-7-43(49(27-39)70-48-11-22-78-34-54(48)81-59-51(70)24-37-8-15-63-57(37)65-59)58(72)66-82(75,76)41-28-50(71(73)74)55-53(29-41)80-33-46(64-55)36-9-20-77-21-10-36/h2-8,15,24-29,36,40,46-48,52,54,64H,9-14,16-23,30-34H2,1H3,(H,63,65)(H,66,72)/t46-,47+,48-,52-,54-/m0/s1. The van der Waals surface area contributed by atoms with Crippen molar-refractivity contribution >= 4 is 55.4 Å². The second-order valence-corrected chi connectivity index (χ2v) is 25.2. The molecule has 6 aromatic rings. The van der Waals surface area contributed by atoms with Gasteiger partial charge in [-0.25, -0.2) is 21.9 Å². The number of carbonyl (C=O) groups is 1. The number of hydrogen-bond donors (Lipinski definition) is 3. The molecule has 82 heavy (non-hydrogen) atoms. The van der Waals surface area contributed by atoms with Crippen LogP contribution in [0.3, 0.4) is 0 Å². The van der Waals surface area contributed by atoms with Crippen LogP contribution in [-0.2, 0) is 19.5 Å². The molecule has 1 amide bonds. The van der Waals surface area contributed by atoms with Crippen LogP contribution >= 0.6 is 0 Å². The molecule has 4 saturated heterocycles. The van der Waals surface area contributed by atoms with Crippen LogP contribution in [0.2, 0.25) is 0 Å². The number of sulfonamides is 1. The number of aryl methyl sites for hydroxylation is 1. The number of amides is 1. The van der Waals surface area contributed by atoms with Crippen LogP contribution in [-0.4, -0.2) is 136 Å². The predicted molar refractivity (Wildman–Crippen MR) is 301 cm³/mol. The number of anilines is 4. The highest BCUT2D eigenvalue weighted by atomic mass is 32.2. The van der Waals surface area contributed by atoms with E-state index in [9.17, 15) is 27.7 Å². The summed E-state index contributed by atoms with van der Waals surface area (Å²) in [5, 5.41) is 16.7. The normalized spacial score (nSPS) is 24.8. The van der Waals surface area contributed by atoms with E-state index in [0.29, 0.717) is 73.8 Å². The van der Waals surface area contributed by atoms with Crippen LogP contribution in [0.4, 0.5) is 37.2 Å². The summed E-state index contributed by atoms with van der Waals surface area (Å²) in [6.45, 7) is 8.37. The van der Waals surface area contributed by atoms with Crippen molar-refractivity contribution in [3.05, 3.63) is 129 Å². The number of hydrogen-bond acceptors (Lipinski definition) is 16. The fourth-order valence-electron chi connectivity index (χ4n) is 14.6. The summed E-state index contributed by atoms with van der Waals surface area (Å²) in [7, 11) is -4.73. The van der Waals surface area contributed by atoms with Gasteiger partial charge in [-0.3, -0.25) is 24.7 Å². The number of aromatic amines is 1. The highest BCUT2D eigenvalue weighted by molar-refractivity contribution is 7.90. The Morgan fingerprint density at radius 3 is 2.49 bits per heavy atom. The van der Waals surface area contributed by atoms with Gasteiger partial charge >= 0.3 is 0 Å². The average Bonchev–Trinajstić information content (AvgIpc) is 2.58. The maximum atomic E-state index is 15.0. The molecule has 9 heterocycles. The van der Waals surface area contributed by atoms with Gasteiger partial charge in [-0.15, -0.1) is 0 Å². The van der Waals surface area contributed by atoms with Crippen LogP contribution in [0, 0.1) is 40.0 Å². The number of piperidine rings is 1. The number of rotatable bonds is 10. The van der Waals surface area contributed by atoms with Crippen molar-refractivity contribution in [2.75, 3.05) is 87.5 Å². The summed E-state index contributed by atoms with van der Waals surface area (Å²) >= 11 is 0. The van der Waals surface area contributed by atoms with Gasteiger partial charge in [0.2, 0.25) is 5.88 Å². The lowest BCUT2D eigenvalue weighted by Gasteiger charge is -2.59. The van der Waals surface area contributed by atoms with E-state index in [0.717, 1.165) is 94.5 Å². The Labute approximate surface area is 473 Å². The van der Waals surface area contributed by atoms with Gasteiger partial charge in [0.1, 0.15) is 29.9 Å². The Kier molecular flexibility index (Phi) is 13.5. The van der Waals surface area contributed by atoms with E-state index in [4.69, 9.17) is 28.7 Å². The van der Waals surface area contributed by atoms with Gasteiger partial charge in [-0.05, 0) is 111 Å². The van der Waals surface area contributed by atoms with Crippen molar-refractivity contribution < 1.29 is 50.6 Å². The van der Waals surface area contributed by atoms with Crippen molar-refractivity contribution in [1.29, 1.82) is 0 Å². The first-order valence-corrected chi connectivity index (χ1v) is 30.2. The Hall–Kier alpha value is -7.11. The Morgan fingerprint density at radius 2 is 1.67 bits per heavy atom. The number of nitrogens with zero attached hydrogens (tertiary/aromatic N) is 6. The number of fused-ring (bicyclic) bond motifs is 5. The highest BCUT2D eigenvalue weighted by Crippen LogP contribution is 2.55. The Morgan fingerprint density at radius 1 is 0.854 bits per heavy atom. The molecule has 8 aliphatic rings. The van der Waals surface area contributed by atoms with E-state index in [1.165, 1.54) is 23.3 Å². The van der Waals surface area contributed by atoms with Crippen molar-refractivity contribution in [3.63, 3.8) is 0 Å². The SMILES string of the molecule is Cc1ccccc1[C@@H]1CN([C@@H]2CCOc3c(F)cc(F)cc32)CCN1C1CC2(CCN(c3ccc(C(=O)NS(=O)(=O)c4cc5c(c([N+](=O)[O-])c4)N[C@H](C4CCOCC4)CO5)c(N4c5cc6cc[nH]c6nc5O[C@H]5COCC[C@@H]54)c3)CC2)C1. The average molecular weight is 1140 g/mol. The Bertz CT molecular complexity index is 3600. The summed E-state index contributed by atoms with van der Waals surface area (Å²) in [4.78, 5) is 43.9. The number of nitro benzene ring substituents is 1. The molecule has 7 aliphatic heterocycles. The van der Waals surface area contributed by atoms with Crippen molar-refractivity contribution in [1.82, 2.24) is 24.5 Å². The number of H-pyrrole nitrogens is 1. The van der Waals surface area contributed by atoms with E-state index in [1.54, 1.807) is 12.3 Å². The van der Waals surface area contributed by atoms with E-state index in [1.807, 2.05) is 24.3 Å².